The minimum Gasteiger partial charge on any atom is -0.393 e. The van der Waals surface area contributed by atoms with Crippen molar-refractivity contribution < 1.29 is 23.5 Å². The molecular weight excluding hydrogens is 428 g/mol. The minimum absolute atomic E-state index is 0.0757. The smallest absolute Gasteiger partial charge is 0.249 e. The normalized spacial score (nSPS) is 35.4. The summed E-state index contributed by atoms with van der Waals surface area (Å²) in [5, 5.41) is 14.7. The zero-order valence-corrected chi connectivity index (χ0v) is 18.7. The highest BCUT2D eigenvalue weighted by Crippen LogP contribution is 2.61. The van der Waals surface area contributed by atoms with Crippen molar-refractivity contribution in [3.05, 3.63) is 29.3 Å². The molecule has 6 rings (SSSR count). The highest BCUT2D eigenvalue weighted by Gasteiger charge is 2.56. The van der Waals surface area contributed by atoms with Crippen LogP contribution in [0.1, 0.15) is 62.8 Å². The molecule has 1 aromatic rings. The first kappa shape index (κ1) is 21.5. The van der Waals surface area contributed by atoms with Crippen molar-refractivity contribution in [2.24, 2.45) is 16.7 Å². The molecule has 178 valence electrons. The van der Waals surface area contributed by atoms with E-state index in [0.29, 0.717) is 11.8 Å². The Kier molecular flexibility index (Phi) is 4.86. The fraction of sp³-hybridized carbons (Fsp3) is 0.680. The summed E-state index contributed by atoms with van der Waals surface area (Å²) in [4.78, 5) is 25.7. The van der Waals surface area contributed by atoms with Gasteiger partial charge in [-0.15, -0.1) is 0 Å². The summed E-state index contributed by atoms with van der Waals surface area (Å²) in [5.74, 6) is -1.28. The Bertz CT molecular complexity index is 964. The van der Waals surface area contributed by atoms with E-state index in [-0.39, 0.29) is 41.0 Å². The van der Waals surface area contributed by atoms with Gasteiger partial charge in [-0.3, -0.25) is 14.9 Å². The molecule has 0 radical (unpaired) electrons. The number of nitrogens with zero attached hydrogens (tertiary/aromatic N) is 1. The van der Waals surface area contributed by atoms with Crippen molar-refractivity contribution in [3.63, 3.8) is 0 Å². The van der Waals surface area contributed by atoms with E-state index >= 15 is 0 Å². The van der Waals surface area contributed by atoms with Gasteiger partial charge in [0.25, 0.3) is 0 Å². The molecule has 5 fully saturated rings. The van der Waals surface area contributed by atoms with Crippen LogP contribution < -0.4 is 10.6 Å². The number of anilines is 1. The number of carbonyl (C=O) groups is 2. The van der Waals surface area contributed by atoms with Crippen molar-refractivity contribution >= 4 is 17.5 Å². The van der Waals surface area contributed by atoms with Gasteiger partial charge in [0.2, 0.25) is 11.8 Å². The van der Waals surface area contributed by atoms with Crippen LogP contribution in [0.4, 0.5) is 14.5 Å². The number of nitrogens with one attached hydrogen (secondary N) is 2. The van der Waals surface area contributed by atoms with Crippen LogP contribution in [-0.2, 0) is 9.59 Å². The summed E-state index contributed by atoms with van der Waals surface area (Å²) >= 11 is 0. The topological polar surface area (TPSA) is 81.7 Å². The van der Waals surface area contributed by atoms with Crippen LogP contribution in [0.2, 0.25) is 0 Å². The van der Waals surface area contributed by atoms with Crippen molar-refractivity contribution in [1.29, 1.82) is 0 Å². The standard InChI is InChI=1S/C25H31F2N3O3/c26-18-3-16(28-20-1-2-21(32)29-23(20)33)4-19(27)22(18)15-7-25(8-15)12-30(13-25)11-14-5-24(6-14)9-17(31)10-24/h3-4,14-15,17,20,28,31H,1-2,5-13H2,(H,29,32,33). The second kappa shape index (κ2) is 7.47. The van der Waals surface area contributed by atoms with Crippen LogP contribution >= 0.6 is 0 Å². The molecule has 2 heterocycles. The average Bonchev–Trinajstić information content (AvgIpc) is 2.62. The number of benzene rings is 1. The lowest BCUT2D eigenvalue weighted by Gasteiger charge is -2.62. The molecule has 33 heavy (non-hydrogen) atoms. The lowest BCUT2D eigenvalue weighted by Crippen LogP contribution is -2.63. The Balaban J connectivity index is 1.00. The second-order valence-corrected chi connectivity index (χ2v) is 11.6. The Hall–Kier alpha value is -2.06. The minimum atomic E-state index is -0.666. The van der Waals surface area contributed by atoms with E-state index in [1.165, 1.54) is 25.0 Å². The van der Waals surface area contributed by atoms with E-state index in [1.54, 1.807) is 0 Å². The van der Waals surface area contributed by atoms with Gasteiger partial charge < -0.3 is 15.3 Å². The maximum absolute atomic E-state index is 14.8. The molecule has 2 saturated heterocycles. The monoisotopic (exact) mass is 459 g/mol. The van der Waals surface area contributed by atoms with Gasteiger partial charge >= 0.3 is 0 Å². The zero-order chi connectivity index (χ0) is 23.0. The first-order valence-electron chi connectivity index (χ1n) is 12.2. The SMILES string of the molecule is O=C1CCC(Nc2cc(F)c(C3CC4(C3)CN(CC3CC5(CC(O)C5)C3)C4)c(F)c2)C(=O)N1. The molecule has 2 spiro atoms. The predicted molar refractivity (Wildman–Crippen MR) is 117 cm³/mol. The number of piperidine rings is 1. The van der Waals surface area contributed by atoms with Crippen LogP contribution in [0.3, 0.4) is 0 Å². The Morgan fingerprint density at radius 2 is 1.70 bits per heavy atom. The Morgan fingerprint density at radius 1 is 1.03 bits per heavy atom. The summed E-state index contributed by atoms with van der Waals surface area (Å²) in [6, 6.07) is 1.87. The molecular formula is C25H31F2N3O3. The average molecular weight is 460 g/mol. The third kappa shape index (κ3) is 3.75. The number of aliphatic hydroxyl groups is 1. The summed E-state index contributed by atoms with van der Waals surface area (Å²) in [7, 11) is 0. The van der Waals surface area contributed by atoms with Gasteiger partial charge in [-0.25, -0.2) is 8.78 Å². The molecule has 6 nitrogen and oxygen atoms in total. The molecule has 3 saturated carbocycles. The molecule has 2 aliphatic heterocycles. The van der Waals surface area contributed by atoms with Crippen molar-refractivity contribution in [1.82, 2.24) is 10.2 Å². The predicted octanol–water partition coefficient (Wildman–Crippen LogP) is 2.91. The second-order valence-electron chi connectivity index (χ2n) is 11.6. The van der Waals surface area contributed by atoms with E-state index in [4.69, 9.17) is 0 Å². The van der Waals surface area contributed by atoms with Gasteiger partial charge in [-0.1, -0.05) is 0 Å². The quantitative estimate of drug-likeness (QED) is 0.590. The number of amides is 2. The van der Waals surface area contributed by atoms with Crippen molar-refractivity contribution in [2.75, 3.05) is 25.0 Å². The van der Waals surface area contributed by atoms with Crippen LogP contribution in [0.5, 0.6) is 0 Å². The molecule has 3 N–H and O–H groups in total. The molecule has 1 atom stereocenters. The van der Waals surface area contributed by atoms with Gasteiger partial charge in [0.05, 0.1) is 6.10 Å². The van der Waals surface area contributed by atoms with Gasteiger partial charge in [0.15, 0.2) is 0 Å². The largest absolute Gasteiger partial charge is 0.393 e. The van der Waals surface area contributed by atoms with Gasteiger partial charge in [0.1, 0.15) is 17.7 Å². The van der Waals surface area contributed by atoms with Crippen LogP contribution in [0.15, 0.2) is 12.1 Å². The van der Waals surface area contributed by atoms with Crippen LogP contribution in [0, 0.1) is 28.4 Å². The number of hydrogen-bond acceptors (Lipinski definition) is 5. The Labute approximate surface area is 192 Å². The molecule has 1 aromatic carbocycles. The van der Waals surface area contributed by atoms with E-state index in [2.05, 4.69) is 15.5 Å². The third-order valence-electron chi connectivity index (χ3n) is 8.84. The summed E-state index contributed by atoms with van der Waals surface area (Å²) in [6.07, 6.45) is 6.52. The van der Waals surface area contributed by atoms with Gasteiger partial charge in [0, 0.05) is 37.3 Å². The number of aliphatic hydroxyl groups excluding tert-OH is 1. The maximum atomic E-state index is 14.8. The molecule has 0 aromatic heterocycles. The molecule has 8 heteroatoms. The lowest BCUT2D eigenvalue weighted by molar-refractivity contribution is -0.137. The molecule has 3 aliphatic carbocycles. The molecule has 1 unspecified atom stereocenters. The van der Waals surface area contributed by atoms with Crippen LogP contribution in [-0.4, -0.2) is 53.6 Å². The zero-order valence-electron chi connectivity index (χ0n) is 18.7. The molecule has 2 amide bonds. The van der Waals surface area contributed by atoms with E-state index in [0.717, 1.165) is 51.2 Å². The fourth-order valence-corrected chi connectivity index (χ4v) is 7.50. The van der Waals surface area contributed by atoms with Crippen molar-refractivity contribution in [3.8, 4) is 0 Å². The number of rotatable bonds is 5. The van der Waals surface area contributed by atoms with E-state index < -0.39 is 23.6 Å². The highest BCUT2D eigenvalue weighted by atomic mass is 19.1. The lowest BCUT2D eigenvalue weighted by atomic mass is 9.50. The number of imide groups is 1. The first-order chi connectivity index (χ1) is 15.7. The number of carbonyl (C=O) groups excluding carboxylic acids is 2. The molecule has 5 aliphatic rings. The maximum Gasteiger partial charge on any atom is 0.249 e. The van der Waals surface area contributed by atoms with E-state index in [9.17, 15) is 23.5 Å². The Morgan fingerprint density at radius 3 is 2.30 bits per heavy atom. The van der Waals surface area contributed by atoms with E-state index in [1.807, 2.05) is 0 Å². The van der Waals surface area contributed by atoms with Crippen molar-refractivity contribution in [2.45, 2.75) is 69.4 Å². The molecule has 0 bridgehead atoms. The number of halogens is 2. The number of likely N-dealkylation sites (tertiary alicyclic amines) is 1. The van der Waals surface area contributed by atoms with Crippen LogP contribution in [0.25, 0.3) is 0 Å². The first-order valence-corrected chi connectivity index (χ1v) is 12.2. The summed E-state index contributed by atoms with van der Waals surface area (Å²) in [5.41, 5.74) is 1.05. The summed E-state index contributed by atoms with van der Waals surface area (Å²) in [6.45, 7) is 3.16. The van der Waals surface area contributed by atoms with Gasteiger partial charge in [-0.2, -0.15) is 0 Å². The fourth-order valence-electron chi connectivity index (χ4n) is 7.50. The number of hydrogen-bond donors (Lipinski definition) is 3. The third-order valence-corrected chi connectivity index (χ3v) is 8.84. The van der Waals surface area contributed by atoms with Gasteiger partial charge in [-0.05, 0) is 79.7 Å². The summed E-state index contributed by atoms with van der Waals surface area (Å²) < 4.78 is 29.7. The highest BCUT2D eigenvalue weighted by molar-refractivity contribution is 6.01.